The maximum absolute atomic E-state index is 3.56. The second-order valence-corrected chi connectivity index (χ2v) is 5.28. The minimum Gasteiger partial charge on any atom is -0.316 e. The Labute approximate surface area is 106 Å². The fourth-order valence-electron chi connectivity index (χ4n) is 2.82. The van der Waals surface area contributed by atoms with Crippen LogP contribution < -0.4 is 5.32 Å². The van der Waals surface area contributed by atoms with Gasteiger partial charge in [0.05, 0.1) is 0 Å². The Morgan fingerprint density at radius 3 is 2.53 bits per heavy atom. The van der Waals surface area contributed by atoms with Crippen LogP contribution >= 0.6 is 0 Å². The van der Waals surface area contributed by atoms with E-state index < -0.39 is 0 Å². The number of rotatable bonds is 7. The third-order valence-corrected chi connectivity index (χ3v) is 3.87. The van der Waals surface area contributed by atoms with Crippen molar-refractivity contribution in [3.63, 3.8) is 0 Å². The van der Waals surface area contributed by atoms with Gasteiger partial charge in [0.1, 0.15) is 0 Å². The molecule has 0 spiro atoms. The van der Waals surface area contributed by atoms with Gasteiger partial charge in [-0.2, -0.15) is 0 Å². The molecule has 0 amide bonds. The summed E-state index contributed by atoms with van der Waals surface area (Å²) in [7, 11) is 0. The van der Waals surface area contributed by atoms with Crippen molar-refractivity contribution >= 4 is 0 Å². The first-order valence-corrected chi connectivity index (χ1v) is 7.20. The third-order valence-electron chi connectivity index (χ3n) is 3.87. The van der Waals surface area contributed by atoms with Crippen LogP contribution in [0.1, 0.15) is 44.1 Å². The zero-order valence-corrected chi connectivity index (χ0v) is 10.8. The first kappa shape index (κ1) is 12.6. The average Bonchev–Trinajstić information content (AvgIpc) is 2.88. The molecule has 17 heavy (non-hydrogen) atoms. The van der Waals surface area contributed by atoms with Gasteiger partial charge in [-0.15, -0.1) is 0 Å². The lowest BCUT2D eigenvalue weighted by atomic mass is 10.0. The topological polar surface area (TPSA) is 12.0 Å². The van der Waals surface area contributed by atoms with Crippen molar-refractivity contribution in [3.05, 3.63) is 35.9 Å². The molecule has 1 aliphatic carbocycles. The molecule has 0 unspecified atom stereocenters. The molecule has 0 radical (unpaired) electrons. The van der Waals surface area contributed by atoms with Gasteiger partial charge in [0, 0.05) is 0 Å². The number of nitrogens with one attached hydrogen (secondary N) is 1. The molecule has 1 N–H and O–H groups in total. The monoisotopic (exact) mass is 231 g/mol. The summed E-state index contributed by atoms with van der Waals surface area (Å²) in [5, 5.41) is 3.56. The van der Waals surface area contributed by atoms with Crippen molar-refractivity contribution < 1.29 is 0 Å². The van der Waals surface area contributed by atoms with Crippen molar-refractivity contribution in [2.45, 2.75) is 44.9 Å². The van der Waals surface area contributed by atoms with Crippen LogP contribution in [0.2, 0.25) is 0 Å². The van der Waals surface area contributed by atoms with E-state index in [9.17, 15) is 0 Å². The fourth-order valence-corrected chi connectivity index (χ4v) is 2.82. The Morgan fingerprint density at radius 1 is 1.00 bits per heavy atom. The highest BCUT2D eigenvalue weighted by Gasteiger charge is 2.13. The van der Waals surface area contributed by atoms with E-state index in [1.807, 2.05) is 0 Å². The minimum absolute atomic E-state index is 1.05. The maximum Gasteiger partial charge on any atom is -0.000835 e. The summed E-state index contributed by atoms with van der Waals surface area (Å²) < 4.78 is 0. The van der Waals surface area contributed by atoms with Crippen LogP contribution in [-0.2, 0) is 6.42 Å². The third kappa shape index (κ3) is 4.91. The molecule has 2 rings (SSSR count). The van der Waals surface area contributed by atoms with Crippen molar-refractivity contribution in [2.24, 2.45) is 5.92 Å². The van der Waals surface area contributed by atoms with Gasteiger partial charge in [-0.05, 0) is 43.8 Å². The summed E-state index contributed by atoms with van der Waals surface area (Å²) in [6, 6.07) is 10.7. The lowest BCUT2D eigenvalue weighted by molar-refractivity contribution is 0.471. The second-order valence-electron chi connectivity index (χ2n) is 5.28. The highest BCUT2D eigenvalue weighted by molar-refractivity contribution is 5.14. The van der Waals surface area contributed by atoms with Crippen molar-refractivity contribution in [1.82, 2.24) is 5.32 Å². The molecule has 0 aliphatic heterocycles. The molecule has 0 saturated heterocycles. The van der Waals surface area contributed by atoms with Crippen LogP contribution in [0.3, 0.4) is 0 Å². The molecule has 0 bridgehead atoms. The van der Waals surface area contributed by atoms with E-state index in [1.54, 1.807) is 0 Å². The van der Waals surface area contributed by atoms with Crippen LogP contribution in [0.15, 0.2) is 30.3 Å². The Balaban J connectivity index is 1.46. The van der Waals surface area contributed by atoms with Gasteiger partial charge >= 0.3 is 0 Å². The Bertz CT molecular complexity index is 288. The number of hydrogen-bond donors (Lipinski definition) is 1. The molecule has 0 atom stereocenters. The minimum atomic E-state index is 1.05. The van der Waals surface area contributed by atoms with Gasteiger partial charge in [-0.1, -0.05) is 56.0 Å². The van der Waals surface area contributed by atoms with Crippen LogP contribution in [0.4, 0.5) is 0 Å². The van der Waals surface area contributed by atoms with Crippen LogP contribution in [-0.4, -0.2) is 13.1 Å². The van der Waals surface area contributed by atoms with E-state index in [0.29, 0.717) is 0 Å². The Kier molecular flexibility index (Phi) is 5.57. The van der Waals surface area contributed by atoms with E-state index in [2.05, 4.69) is 35.6 Å². The maximum atomic E-state index is 3.56. The Morgan fingerprint density at radius 2 is 1.76 bits per heavy atom. The van der Waals surface area contributed by atoms with E-state index in [1.165, 1.54) is 50.6 Å². The quantitative estimate of drug-likeness (QED) is 0.704. The van der Waals surface area contributed by atoms with Gasteiger partial charge in [0.2, 0.25) is 0 Å². The molecule has 1 aromatic carbocycles. The first-order chi connectivity index (χ1) is 8.45. The van der Waals surface area contributed by atoms with E-state index >= 15 is 0 Å². The molecular weight excluding hydrogens is 206 g/mol. The first-order valence-electron chi connectivity index (χ1n) is 7.20. The van der Waals surface area contributed by atoms with Crippen molar-refractivity contribution in [1.29, 1.82) is 0 Å². The highest BCUT2D eigenvalue weighted by Crippen LogP contribution is 2.28. The van der Waals surface area contributed by atoms with Gasteiger partial charge in [0.25, 0.3) is 0 Å². The predicted octanol–water partition coefficient (Wildman–Crippen LogP) is 3.79. The van der Waals surface area contributed by atoms with Crippen molar-refractivity contribution in [2.75, 3.05) is 13.1 Å². The summed E-state index contributed by atoms with van der Waals surface area (Å²) in [6.45, 7) is 2.32. The van der Waals surface area contributed by atoms with Gasteiger partial charge in [-0.3, -0.25) is 0 Å². The molecular formula is C16H25N. The summed E-state index contributed by atoms with van der Waals surface area (Å²) >= 11 is 0. The van der Waals surface area contributed by atoms with Gasteiger partial charge in [0.15, 0.2) is 0 Å². The van der Waals surface area contributed by atoms with Gasteiger partial charge in [-0.25, -0.2) is 0 Å². The number of benzene rings is 1. The number of hydrogen-bond acceptors (Lipinski definition) is 1. The molecule has 1 fully saturated rings. The molecule has 0 aromatic heterocycles. The molecule has 0 heterocycles. The largest absolute Gasteiger partial charge is 0.316 e. The van der Waals surface area contributed by atoms with E-state index in [4.69, 9.17) is 0 Å². The molecule has 1 saturated carbocycles. The summed E-state index contributed by atoms with van der Waals surface area (Å²) in [5.74, 6) is 1.05. The zero-order chi connectivity index (χ0) is 11.8. The SMILES string of the molecule is c1ccc(CCNCCCC2CCCC2)cc1. The van der Waals surface area contributed by atoms with Crippen LogP contribution in [0.5, 0.6) is 0 Å². The fraction of sp³-hybridized carbons (Fsp3) is 0.625. The summed E-state index contributed by atoms with van der Waals surface area (Å²) in [6.07, 6.45) is 9.90. The molecule has 94 valence electrons. The van der Waals surface area contributed by atoms with Crippen LogP contribution in [0, 0.1) is 5.92 Å². The molecule has 1 aromatic rings. The average molecular weight is 231 g/mol. The normalized spacial score (nSPS) is 16.5. The van der Waals surface area contributed by atoms with Crippen LogP contribution in [0.25, 0.3) is 0 Å². The lowest BCUT2D eigenvalue weighted by Gasteiger charge is -2.09. The Hall–Kier alpha value is -0.820. The molecule has 1 nitrogen and oxygen atoms in total. The zero-order valence-electron chi connectivity index (χ0n) is 10.8. The molecule has 1 heteroatoms. The van der Waals surface area contributed by atoms with E-state index in [0.717, 1.165) is 18.9 Å². The summed E-state index contributed by atoms with van der Waals surface area (Å²) in [5.41, 5.74) is 1.44. The lowest BCUT2D eigenvalue weighted by Crippen LogP contribution is -2.19. The van der Waals surface area contributed by atoms with Crippen molar-refractivity contribution in [3.8, 4) is 0 Å². The smallest absolute Gasteiger partial charge is 0.000835 e. The summed E-state index contributed by atoms with van der Waals surface area (Å²) in [4.78, 5) is 0. The second kappa shape index (κ2) is 7.50. The molecule has 1 aliphatic rings. The standard InChI is InChI=1S/C16H25N/c1-2-7-16(8-3-1)12-14-17-13-6-11-15-9-4-5-10-15/h1-3,7-8,15,17H,4-6,9-14H2. The highest BCUT2D eigenvalue weighted by atomic mass is 14.8. The van der Waals surface area contributed by atoms with E-state index in [-0.39, 0.29) is 0 Å². The predicted molar refractivity (Wildman–Crippen MR) is 74.2 cm³/mol. The van der Waals surface area contributed by atoms with Gasteiger partial charge < -0.3 is 5.32 Å².